The first-order valence-corrected chi connectivity index (χ1v) is 9.98. The third kappa shape index (κ3) is 2.66. The van der Waals surface area contributed by atoms with Gasteiger partial charge in [0, 0.05) is 28.7 Å². The Balaban J connectivity index is 1.61. The van der Waals surface area contributed by atoms with Crippen molar-refractivity contribution in [1.82, 2.24) is 5.32 Å². The molecular formula is C20H17BrClN3O2. The van der Waals surface area contributed by atoms with Crippen LogP contribution in [0.2, 0.25) is 5.02 Å². The molecule has 0 spiro atoms. The topological polar surface area (TPSA) is 67.6 Å². The number of para-hydroxylation sites is 1. The number of nitrogens with one attached hydrogen (secondary N) is 1. The number of halogens is 2. The lowest BCUT2D eigenvalue weighted by atomic mass is 9.90. The third-order valence-electron chi connectivity index (χ3n) is 5.37. The first kappa shape index (κ1) is 17.1. The van der Waals surface area contributed by atoms with E-state index >= 15 is 0 Å². The molecule has 7 heteroatoms. The van der Waals surface area contributed by atoms with E-state index in [-0.39, 0.29) is 18.1 Å². The van der Waals surface area contributed by atoms with Crippen LogP contribution in [0.4, 0.5) is 5.69 Å². The molecule has 1 amide bonds. The molecule has 3 heterocycles. The molecule has 5 nitrogen and oxygen atoms in total. The molecule has 138 valence electrons. The van der Waals surface area contributed by atoms with E-state index in [1.165, 1.54) is 0 Å². The summed E-state index contributed by atoms with van der Waals surface area (Å²) in [5, 5.41) is 3.76. The van der Waals surface area contributed by atoms with E-state index in [1.54, 1.807) is 0 Å². The van der Waals surface area contributed by atoms with Gasteiger partial charge in [-0.15, -0.1) is 0 Å². The lowest BCUT2D eigenvalue weighted by molar-refractivity contribution is 0.0930. The van der Waals surface area contributed by atoms with Gasteiger partial charge in [-0.1, -0.05) is 23.7 Å². The predicted molar refractivity (Wildman–Crippen MR) is 109 cm³/mol. The van der Waals surface area contributed by atoms with E-state index in [0.29, 0.717) is 17.2 Å². The fourth-order valence-electron chi connectivity index (χ4n) is 4.14. The zero-order chi connectivity index (χ0) is 18.7. The first-order valence-electron chi connectivity index (χ1n) is 8.81. The van der Waals surface area contributed by atoms with Crippen molar-refractivity contribution in [3.63, 3.8) is 0 Å². The highest BCUT2D eigenvalue weighted by Crippen LogP contribution is 2.42. The molecule has 2 aromatic carbocycles. The number of ether oxygens (including phenoxy) is 1. The van der Waals surface area contributed by atoms with Crippen molar-refractivity contribution < 1.29 is 9.53 Å². The Kier molecular flexibility index (Phi) is 3.96. The molecular weight excluding hydrogens is 430 g/mol. The molecule has 3 N–H and O–H groups in total. The molecule has 3 aliphatic heterocycles. The first-order chi connectivity index (χ1) is 13.0. The largest absolute Gasteiger partial charge is 0.487 e. The van der Waals surface area contributed by atoms with E-state index in [2.05, 4.69) is 32.2 Å². The van der Waals surface area contributed by atoms with E-state index in [1.807, 2.05) is 30.3 Å². The number of hydrogen-bond acceptors (Lipinski definition) is 4. The number of benzene rings is 2. The Bertz CT molecular complexity index is 1010. The van der Waals surface area contributed by atoms with Crippen molar-refractivity contribution >= 4 is 45.2 Å². The Morgan fingerprint density at radius 1 is 1.33 bits per heavy atom. The van der Waals surface area contributed by atoms with E-state index in [0.717, 1.165) is 45.6 Å². The van der Waals surface area contributed by atoms with Gasteiger partial charge in [0.2, 0.25) is 0 Å². The van der Waals surface area contributed by atoms with Crippen molar-refractivity contribution in [2.24, 2.45) is 5.73 Å². The predicted octanol–water partition coefficient (Wildman–Crippen LogP) is 3.86. The van der Waals surface area contributed by atoms with Crippen LogP contribution in [0.1, 0.15) is 33.9 Å². The number of carbonyl (C=O) groups excluding carboxylic acids is 1. The molecule has 0 aromatic heterocycles. The van der Waals surface area contributed by atoms with Crippen LogP contribution in [0.3, 0.4) is 0 Å². The average molecular weight is 447 g/mol. The average Bonchev–Trinajstić information content (AvgIpc) is 2.65. The van der Waals surface area contributed by atoms with Crippen LogP contribution in [0.25, 0.3) is 6.08 Å². The van der Waals surface area contributed by atoms with Gasteiger partial charge in [-0.2, -0.15) is 0 Å². The summed E-state index contributed by atoms with van der Waals surface area (Å²) in [6.45, 7) is 1.18. The molecule has 0 unspecified atom stereocenters. The Hall–Kier alpha value is -2.02. The molecule has 0 fully saturated rings. The van der Waals surface area contributed by atoms with Gasteiger partial charge in [0.05, 0.1) is 15.7 Å². The third-order valence-corrected chi connectivity index (χ3v) is 6.18. The van der Waals surface area contributed by atoms with Crippen molar-refractivity contribution in [2.45, 2.75) is 18.6 Å². The standard InChI is InChI=1S/C20H17BrClN3O2/c21-15-8-12(22)7-10-6-11(9-27-18(10)15)19-24-20(26)14-3-1-2-13-16(23)4-5-25(19)17(13)14/h1-3,6-8,16,19H,4-5,9,23H2,(H,24,26)/t16-,19+/m0/s1. The number of nitrogens with zero attached hydrogens (tertiary/aromatic N) is 1. The van der Waals surface area contributed by atoms with Gasteiger partial charge in [-0.05, 0) is 52.2 Å². The van der Waals surface area contributed by atoms with Gasteiger partial charge < -0.3 is 20.7 Å². The lowest BCUT2D eigenvalue weighted by Gasteiger charge is -2.45. The van der Waals surface area contributed by atoms with Crippen molar-refractivity contribution in [2.75, 3.05) is 18.1 Å². The second-order valence-electron chi connectivity index (χ2n) is 7.02. The number of rotatable bonds is 1. The Morgan fingerprint density at radius 3 is 3.04 bits per heavy atom. The number of hydrogen-bond donors (Lipinski definition) is 2. The maximum absolute atomic E-state index is 12.8. The number of fused-ring (bicyclic) bond motifs is 1. The van der Waals surface area contributed by atoms with Gasteiger partial charge in [0.25, 0.3) is 5.91 Å². The SMILES string of the molecule is N[C@H]1CCN2c3c(cccc31)C(=O)N[C@H]2C1=Cc2cc(Cl)cc(Br)c2OC1. The van der Waals surface area contributed by atoms with Gasteiger partial charge in [-0.3, -0.25) is 4.79 Å². The fourth-order valence-corrected chi connectivity index (χ4v) is 5.08. The summed E-state index contributed by atoms with van der Waals surface area (Å²) < 4.78 is 6.81. The molecule has 2 aromatic rings. The highest BCUT2D eigenvalue weighted by Gasteiger charge is 2.38. The molecule has 3 aliphatic rings. The van der Waals surface area contributed by atoms with Gasteiger partial charge >= 0.3 is 0 Å². The second-order valence-corrected chi connectivity index (χ2v) is 8.31. The minimum atomic E-state index is -0.260. The van der Waals surface area contributed by atoms with Crippen LogP contribution in [0.15, 0.2) is 40.4 Å². The molecule has 5 rings (SSSR count). The summed E-state index contributed by atoms with van der Waals surface area (Å²) >= 11 is 9.70. The molecule has 0 bridgehead atoms. The zero-order valence-corrected chi connectivity index (χ0v) is 16.7. The van der Waals surface area contributed by atoms with E-state index in [9.17, 15) is 4.79 Å². The minimum absolute atomic E-state index is 0.0465. The summed E-state index contributed by atoms with van der Waals surface area (Å²) in [6.07, 6.45) is 2.64. The maximum atomic E-state index is 12.8. The normalized spacial score (nSPS) is 23.0. The summed E-state index contributed by atoms with van der Waals surface area (Å²) in [6, 6.07) is 9.41. The molecule has 0 radical (unpaired) electrons. The number of anilines is 1. The maximum Gasteiger partial charge on any atom is 0.255 e. The minimum Gasteiger partial charge on any atom is -0.487 e. The number of carbonyl (C=O) groups is 1. The van der Waals surface area contributed by atoms with Gasteiger partial charge in [0.15, 0.2) is 0 Å². The monoisotopic (exact) mass is 445 g/mol. The van der Waals surface area contributed by atoms with Crippen molar-refractivity contribution in [3.05, 3.63) is 62.1 Å². The molecule has 0 aliphatic carbocycles. The lowest BCUT2D eigenvalue weighted by Crippen LogP contribution is -2.57. The van der Waals surface area contributed by atoms with E-state index in [4.69, 9.17) is 22.1 Å². The van der Waals surface area contributed by atoms with Crippen LogP contribution >= 0.6 is 27.5 Å². The smallest absolute Gasteiger partial charge is 0.255 e. The molecule has 0 saturated heterocycles. The van der Waals surface area contributed by atoms with Crippen LogP contribution in [-0.4, -0.2) is 25.2 Å². The molecule has 0 saturated carbocycles. The van der Waals surface area contributed by atoms with Crippen LogP contribution in [0, 0.1) is 0 Å². The molecule has 2 atom stereocenters. The van der Waals surface area contributed by atoms with Gasteiger partial charge in [-0.25, -0.2) is 0 Å². The van der Waals surface area contributed by atoms with Crippen molar-refractivity contribution in [1.29, 1.82) is 0 Å². The number of nitrogens with two attached hydrogens (primary N) is 1. The van der Waals surface area contributed by atoms with Crippen LogP contribution in [-0.2, 0) is 0 Å². The van der Waals surface area contributed by atoms with Crippen LogP contribution < -0.4 is 20.7 Å². The Morgan fingerprint density at radius 2 is 2.19 bits per heavy atom. The highest BCUT2D eigenvalue weighted by atomic mass is 79.9. The highest BCUT2D eigenvalue weighted by molar-refractivity contribution is 9.10. The molecule has 27 heavy (non-hydrogen) atoms. The Labute approximate surface area is 170 Å². The van der Waals surface area contributed by atoms with E-state index < -0.39 is 0 Å². The zero-order valence-electron chi connectivity index (χ0n) is 14.3. The summed E-state index contributed by atoms with van der Waals surface area (Å²) in [4.78, 5) is 15.0. The summed E-state index contributed by atoms with van der Waals surface area (Å²) in [5.74, 6) is 0.688. The van der Waals surface area contributed by atoms with Crippen molar-refractivity contribution in [3.8, 4) is 5.75 Å². The second kappa shape index (κ2) is 6.26. The van der Waals surface area contributed by atoms with Crippen LogP contribution in [0.5, 0.6) is 5.75 Å². The fraction of sp³-hybridized carbons (Fsp3) is 0.250. The number of amides is 1. The summed E-state index contributed by atoms with van der Waals surface area (Å²) in [5.41, 5.74) is 10.9. The summed E-state index contributed by atoms with van der Waals surface area (Å²) in [7, 11) is 0. The van der Waals surface area contributed by atoms with Gasteiger partial charge in [0.1, 0.15) is 18.5 Å². The quantitative estimate of drug-likeness (QED) is 0.698.